The first-order chi connectivity index (χ1) is 15.2. The maximum absolute atomic E-state index is 13.1. The minimum Gasteiger partial charge on any atom is -0.478 e. The molecule has 32 heavy (non-hydrogen) atoms. The van der Waals surface area contributed by atoms with Gasteiger partial charge >= 0.3 is 11.9 Å². The van der Waals surface area contributed by atoms with Crippen LogP contribution in [0.1, 0.15) is 40.0 Å². The van der Waals surface area contributed by atoms with Gasteiger partial charge in [0.1, 0.15) is 6.61 Å². The number of allylic oxidation sites excluding steroid dienone is 1. The molecule has 0 aromatic heterocycles. The van der Waals surface area contributed by atoms with Crippen molar-refractivity contribution in [3.8, 4) is 0 Å². The van der Waals surface area contributed by atoms with Crippen LogP contribution >= 0.6 is 12.2 Å². The molecule has 1 heterocycles. The first-order valence-corrected chi connectivity index (χ1v) is 10.5. The number of rotatable bonds is 7. The fraction of sp³-hybridized carbons (Fsp3) is 0.292. The maximum Gasteiger partial charge on any atom is 0.338 e. The van der Waals surface area contributed by atoms with E-state index in [9.17, 15) is 14.7 Å². The lowest BCUT2D eigenvalue weighted by Gasteiger charge is -2.38. The van der Waals surface area contributed by atoms with Crippen LogP contribution in [0.5, 0.6) is 0 Å². The Morgan fingerprint density at radius 3 is 2.41 bits per heavy atom. The summed E-state index contributed by atoms with van der Waals surface area (Å²) in [6, 6.07) is 11.8. The summed E-state index contributed by atoms with van der Waals surface area (Å²) in [5.74, 6) is -1.51. The van der Waals surface area contributed by atoms with Gasteiger partial charge in [0.15, 0.2) is 5.11 Å². The highest BCUT2D eigenvalue weighted by atomic mass is 32.1. The summed E-state index contributed by atoms with van der Waals surface area (Å²) in [7, 11) is 1.54. The molecule has 0 radical (unpaired) electrons. The molecule has 0 fully saturated rings. The Labute approximate surface area is 192 Å². The lowest BCUT2D eigenvalue weighted by Crippen LogP contribution is -2.48. The number of esters is 1. The van der Waals surface area contributed by atoms with Gasteiger partial charge in [-0.25, -0.2) is 9.59 Å². The Bertz CT molecular complexity index is 1080. The molecular formula is C24H26N2O5S. The Balaban J connectivity index is 2.10. The van der Waals surface area contributed by atoms with E-state index in [2.05, 4.69) is 5.32 Å². The molecule has 3 rings (SSSR count). The van der Waals surface area contributed by atoms with Crippen LogP contribution in [0, 0.1) is 13.8 Å². The predicted molar refractivity (Wildman–Crippen MR) is 126 cm³/mol. The highest BCUT2D eigenvalue weighted by Gasteiger charge is 2.36. The quantitative estimate of drug-likeness (QED) is 0.370. The Kier molecular flexibility index (Phi) is 7.27. The average Bonchev–Trinajstić information content (AvgIpc) is 2.75. The highest BCUT2D eigenvalue weighted by molar-refractivity contribution is 7.80. The summed E-state index contributed by atoms with van der Waals surface area (Å²) in [6.45, 7) is 6.21. The summed E-state index contributed by atoms with van der Waals surface area (Å²) in [5.41, 5.74) is 4.87. The van der Waals surface area contributed by atoms with E-state index < -0.39 is 18.0 Å². The first-order valence-electron chi connectivity index (χ1n) is 10.1. The third kappa shape index (κ3) is 4.81. The van der Waals surface area contributed by atoms with Crippen molar-refractivity contribution in [1.82, 2.24) is 5.32 Å². The van der Waals surface area contributed by atoms with E-state index in [1.54, 1.807) is 12.1 Å². The Hall–Kier alpha value is -3.23. The number of thiocarbonyl (C=S) groups is 1. The summed E-state index contributed by atoms with van der Waals surface area (Å²) in [6.07, 6.45) is 0. The second-order valence-electron chi connectivity index (χ2n) is 7.56. The third-order valence-electron chi connectivity index (χ3n) is 5.32. The van der Waals surface area contributed by atoms with Crippen molar-refractivity contribution in [3.63, 3.8) is 0 Å². The van der Waals surface area contributed by atoms with Crippen LogP contribution in [0.3, 0.4) is 0 Å². The second kappa shape index (κ2) is 9.93. The molecule has 0 bridgehead atoms. The van der Waals surface area contributed by atoms with Gasteiger partial charge in [-0.1, -0.05) is 24.3 Å². The lowest BCUT2D eigenvalue weighted by molar-refractivity contribution is -0.140. The van der Waals surface area contributed by atoms with Crippen LogP contribution in [0.25, 0.3) is 0 Å². The molecule has 0 saturated carbocycles. The summed E-state index contributed by atoms with van der Waals surface area (Å²) in [4.78, 5) is 26.2. The number of carboxylic acid groups (broad SMARTS) is 1. The Morgan fingerprint density at radius 1 is 1.09 bits per heavy atom. The number of carbonyl (C=O) groups is 2. The zero-order chi connectivity index (χ0) is 23.4. The highest BCUT2D eigenvalue weighted by Crippen LogP contribution is 2.35. The van der Waals surface area contributed by atoms with E-state index >= 15 is 0 Å². The van der Waals surface area contributed by atoms with Gasteiger partial charge < -0.3 is 19.9 Å². The van der Waals surface area contributed by atoms with E-state index in [4.69, 9.17) is 21.7 Å². The molecule has 168 valence electrons. The molecule has 7 nitrogen and oxygen atoms in total. The van der Waals surface area contributed by atoms with E-state index in [-0.39, 0.29) is 18.8 Å². The zero-order valence-electron chi connectivity index (χ0n) is 18.5. The van der Waals surface area contributed by atoms with Crippen LogP contribution < -0.4 is 10.2 Å². The number of hydrogen-bond acceptors (Lipinski definition) is 5. The number of methoxy groups -OCH3 is 1. The molecule has 2 aromatic carbocycles. The van der Waals surface area contributed by atoms with Crippen LogP contribution in [-0.4, -0.2) is 42.5 Å². The number of ether oxygens (including phenoxy) is 2. The first kappa shape index (κ1) is 23.4. The van der Waals surface area contributed by atoms with Crippen LogP contribution in [0.15, 0.2) is 53.7 Å². The van der Waals surface area contributed by atoms with Gasteiger partial charge in [-0.15, -0.1) is 0 Å². The van der Waals surface area contributed by atoms with Gasteiger partial charge in [0.05, 0.1) is 29.5 Å². The Morgan fingerprint density at radius 2 is 1.78 bits per heavy atom. The van der Waals surface area contributed by atoms with Crippen molar-refractivity contribution in [2.24, 2.45) is 0 Å². The molecule has 0 spiro atoms. The van der Waals surface area contributed by atoms with Crippen molar-refractivity contribution < 1.29 is 24.2 Å². The van der Waals surface area contributed by atoms with Crippen LogP contribution in [-0.2, 0) is 14.3 Å². The van der Waals surface area contributed by atoms with E-state index in [1.807, 2.05) is 43.9 Å². The molecule has 0 amide bonds. The summed E-state index contributed by atoms with van der Waals surface area (Å²) in [5, 5.41) is 12.9. The summed E-state index contributed by atoms with van der Waals surface area (Å²) >= 11 is 5.69. The van der Waals surface area contributed by atoms with E-state index in [0.29, 0.717) is 21.9 Å². The molecular weight excluding hydrogens is 428 g/mol. The lowest BCUT2D eigenvalue weighted by atomic mass is 9.93. The number of aryl methyl sites for hydroxylation is 2. The van der Waals surface area contributed by atoms with Crippen LogP contribution in [0.4, 0.5) is 5.69 Å². The maximum atomic E-state index is 13.1. The molecule has 1 unspecified atom stereocenters. The number of nitrogens with zero attached hydrogens (tertiary/aromatic N) is 1. The molecule has 8 heteroatoms. The third-order valence-corrected chi connectivity index (χ3v) is 5.62. The van der Waals surface area contributed by atoms with Crippen molar-refractivity contribution in [2.45, 2.75) is 26.8 Å². The monoisotopic (exact) mass is 454 g/mol. The van der Waals surface area contributed by atoms with E-state index in [1.165, 1.54) is 19.2 Å². The minimum absolute atomic E-state index is 0.116. The topological polar surface area (TPSA) is 88.1 Å². The van der Waals surface area contributed by atoms with E-state index in [0.717, 1.165) is 16.8 Å². The minimum atomic E-state index is -1.02. The van der Waals surface area contributed by atoms with Gasteiger partial charge in [0.2, 0.25) is 0 Å². The molecule has 2 N–H and O–H groups in total. The normalized spacial score (nSPS) is 16.1. The number of carbonyl (C=O) groups excluding carboxylic acids is 1. The number of anilines is 1. The standard InChI is InChI=1S/C24H26N2O5S/c1-14-5-6-15(2)19(13-14)26-16(3)20(23(29)31-12-11-30-4)21(25-24(26)32)17-7-9-18(10-8-17)22(27)28/h5-10,13,21H,11-12H2,1-4H3,(H,25,32)(H,27,28). The predicted octanol–water partition coefficient (Wildman–Crippen LogP) is 3.90. The van der Waals surface area contributed by atoms with Crippen molar-refractivity contribution >= 4 is 35.0 Å². The SMILES string of the molecule is COCCOC(=O)C1=C(C)N(c2cc(C)ccc2C)C(=S)NC1c1ccc(C(=O)O)cc1. The zero-order valence-corrected chi connectivity index (χ0v) is 19.3. The van der Waals surface area contributed by atoms with Gasteiger partial charge in [-0.05, 0) is 67.9 Å². The van der Waals surface area contributed by atoms with Gasteiger partial charge in [-0.3, -0.25) is 4.90 Å². The molecule has 1 aliphatic heterocycles. The second-order valence-corrected chi connectivity index (χ2v) is 7.95. The molecule has 1 aliphatic rings. The smallest absolute Gasteiger partial charge is 0.338 e. The molecule has 1 atom stereocenters. The number of aromatic carboxylic acids is 1. The molecule has 0 aliphatic carbocycles. The van der Waals surface area contributed by atoms with Gasteiger partial charge in [-0.2, -0.15) is 0 Å². The van der Waals surface area contributed by atoms with Crippen molar-refractivity contribution in [2.75, 3.05) is 25.2 Å². The van der Waals surface area contributed by atoms with Crippen molar-refractivity contribution in [1.29, 1.82) is 0 Å². The van der Waals surface area contributed by atoms with Crippen molar-refractivity contribution in [3.05, 3.63) is 76.0 Å². The van der Waals surface area contributed by atoms with Crippen LogP contribution in [0.2, 0.25) is 0 Å². The molecule has 2 aromatic rings. The largest absolute Gasteiger partial charge is 0.478 e. The fourth-order valence-corrected chi connectivity index (χ4v) is 3.97. The number of carboxylic acids is 1. The number of hydrogen-bond donors (Lipinski definition) is 2. The molecule has 0 saturated heterocycles. The van der Waals surface area contributed by atoms with Gasteiger partial charge in [0, 0.05) is 12.8 Å². The average molecular weight is 455 g/mol. The fourth-order valence-electron chi connectivity index (χ4n) is 3.62. The number of nitrogens with one attached hydrogen (secondary N) is 1. The summed E-state index contributed by atoms with van der Waals surface area (Å²) < 4.78 is 10.4. The number of benzene rings is 2. The van der Waals surface area contributed by atoms with Gasteiger partial charge in [0.25, 0.3) is 0 Å².